The molecule has 0 bridgehead atoms. The van der Waals surface area contributed by atoms with Crippen molar-refractivity contribution >= 4 is 11.6 Å². The Hall–Kier alpha value is -0.820. The van der Waals surface area contributed by atoms with Crippen LogP contribution in [0.1, 0.15) is 18.4 Å². The fourth-order valence-electron chi connectivity index (χ4n) is 2.59. The summed E-state index contributed by atoms with van der Waals surface area (Å²) in [5, 5.41) is 3.88. The van der Waals surface area contributed by atoms with Gasteiger partial charge in [0.2, 0.25) is 0 Å². The third kappa shape index (κ3) is 6.12. The second-order valence-electron chi connectivity index (χ2n) is 5.39. The minimum Gasteiger partial charge on any atom is -0.312 e. The molecule has 0 unspecified atom stereocenters. The molecule has 124 valence electrons. The average Bonchev–Trinajstić information content (AvgIpc) is 2.47. The van der Waals surface area contributed by atoms with E-state index in [0.717, 1.165) is 43.1 Å². The van der Waals surface area contributed by atoms with Crippen molar-refractivity contribution in [3.8, 4) is 0 Å². The van der Waals surface area contributed by atoms with Crippen LogP contribution in [0.3, 0.4) is 0 Å². The van der Waals surface area contributed by atoms with E-state index in [1.165, 1.54) is 0 Å². The highest BCUT2D eigenvalue weighted by molar-refractivity contribution is 6.31. The summed E-state index contributed by atoms with van der Waals surface area (Å²) in [6.07, 6.45) is -2.72. The van der Waals surface area contributed by atoms with E-state index in [0.29, 0.717) is 0 Å². The van der Waals surface area contributed by atoms with Gasteiger partial charge in [-0.15, -0.1) is 13.2 Å². The highest BCUT2D eigenvalue weighted by Crippen LogP contribution is 2.20. The SMILES string of the molecule is FC(F)(F)OCCNC1CCN(Cc2ccccc2Cl)CC1. The molecule has 0 aliphatic carbocycles. The second kappa shape index (κ2) is 8.15. The molecule has 22 heavy (non-hydrogen) atoms. The van der Waals surface area contributed by atoms with Crippen molar-refractivity contribution in [1.82, 2.24) is 10.2 Å². The number of alkyl halides is 3. The molecule has 7 heteroatoms. The summed E-state index contributed by atoms with van der Waals surface area (Å²) in [6, 6.07) is 8.02. The maximum absolute atomic E-state index is 11.8. The highest BCUT2D eigenvalue weighted by Gasteiger charge is 2.28. The third-order valence-electron chi connectivity index (χ3n) is 3.74. The van der Waals surface area contributed by atoms with E-state index in [4.69, 9.17) is 11.6 Å². The van der Waals surface area contributed by atoms with Crippen LogP contribution in [0.25, 0.3) is 0 Å². The molecule has 0 spiro atoms. The number of likely N-dealkylation sites (tertiary alicyclic amines) is 1. The molecule has 1 heterocycles. The van der Waals surface area contributed by atoms with Crippen LogP contribution >= 0.6 is 11.6 Å². The van der Waals surface area contributed by atoms with E-state index >= 15 is 0 Å². The van der Waals surface area contributed by atoms with Crippen LogP contribution in [0.15, 0.2) is 24.3 Å². The molecule has 1 N–H and O–H groups in total. The van der Waals surface area contributed by atoms with Crippen LogP contribution in [-0.4, -0.2) is 43.5 Å². The first kappa shape index (κ1) is 17.5. The quantitative estimate of drug-likeness (QED) is 0.805. The van der Waals surface area contributed by atoms with Gasteiger partial charge in [-0.25, -0.2) is 0 Å². The van der Waals surface area contributed by atoms with Gasteiger partial charge >= 0.3 is 6.36 Å². The molecule has 1 aliphatic rings. The van der Waals surface area contributed by atoms with E-state index in [9.17, 15) is 13.2 Å². The number of hydrogen-bond acceptors (Lipinski definition) is 3. The van der Waals surface area contributed by atoms with Gasteiger partial charge in [0.25, 0.3) is 0 Å². The van der Waals surface area contributed by atoms with Gasteiger partial charge < -0.3 is 5.32 Å². The van der Waals surface area contributed by atoms with E-state index in [2.05, 4.69) is 15.0 Å². The average molecular weight is 337 g/mol. The summed E-state index contributed by atoms with van der Waals surface area (Å²) in [5.41, 5.74) is 1.11. The van der Waals surface area contributed by atoms with E-state index in [1.807, 2.05) is 24.3 Å². The van der Waals surface area contributed by atoms with Crippen molar-refractivity contribution in [3.05, 3.63) is 34.9 Å². The lowest BCUT2D eigenvalue weighted by atomic mass is 10.0. The predicted octanol–water partition coefficient (Wildman–Crippen LogP) is 3.43. The van der Waals surface area contributed by atoms with Crippen LogP contribution in [0, 0.1) is 0 Å². The van der Waals surface area contributed by atoms with E-state index in [1.54, 1.807) is 0 Å². The normalized spacial score (nSPS) is 17.8. The number of piperidine rings is 1. The number of rotatable bonds is 6. The van der Waals surface area contributed by atoms with Crippen LogP contribution < -0.4 is 5.32 Å². The first-order chi connectivity index (χ1) is 10.4. The molecular formula is C15H20ClF3N2O. The second-order valence-corrected chi connectivity index (χ2v) is 5.80. The molecule has 2 rings (SSSR count). The monoisotopic (exact) mass is 336 g/mol. The summed E-state index contributed by atoms with van der Waals surface area (Å²) >= 11 is 6.15. The van der Waals surface area contributed by atoms with Gasteiger partial charge in [0.15, 0.2) is 0 Å². The lowest BCUT2D eigenvalue weighted by Crippen LogP contribution is -2.43. The molecule has 0 aromatic heterocycles. The number of benzene rings is 1. The van der Waals surface area contributed by atoms with Gasteiger partial charge in [-0.05, 0) is 37.6 Å². The Morgan fingerprint density at radius 1 is 1.23 bits per heavy atom. The summed E-state index contributed by atoms with van der Waals surface area (Å²) in [7, 11) is 0. The Balaban J connectivity index is 1.65. The molecule has 1 aromatic carbocycles. The predicted molar refractivity (Wildman–Crippen MR) is 79.8 cm³/mol. The first-order valence-electron chi connectivity index (χ1n) is 7.34. The number of nitrogens with one attached hydrogen (secondary N) is 1. The minimum absolute atomic E-state index is 0.217. The molecule has 0 amide bonds. The molecule has 1 fully saturated rings. The zero-order valence-electron chi connectivity index (χ0n) is 12.2. The molecule has 1 aromatic rings. The van der Waals surface area contributed by atoms with Gasteiger partial charge in [-0.2, -0.15) is 0 Å². The Morgan fingerprint density at radius 3 is 2.55 bits per heavy atom. The van der Waals surface area contributed by atoms with E-state index in [-0.39, 0.29) is 19.2 Å². The largest absolute Gasteiger partial charge is 0.522 e. The van der Waals surface area contributed by atoms with Crippen molar-refractivity contribution in [2.75, 3.05) is 26.2 Å². The van der Waals surface area contributed by atoms with Crippen molar-refractivity contribution in [2.45, 2.75) is 31.8 Å². The van der Waals surface area contributed by atoms with Gasteiger partial charge in [-0.1, -0.05) is 29.8 Å². The number of ether oxygens (including phenoxy) is 1. The Labute approximate surface area is 133 Å². The maximum Gasteiger partial charge on any atom is 0.522 e. The number of nitrogens with zero attached hydrogens (tertiary/aromatic N) is 1. The lowest BCUT2D eigenvalue weighted by molar-refractivity contribution is -0.323. The molecule has 0 radical (unpaired) electrons. The Morgan fingerprint density at radius 2 is 1.91 bits per heavy atom. The summed E-state index contributed by atoms with van der Waals surface area (Å²) in [6.45, 7) is 2.49. The summed E-state index contributed by atoms with van der Waals surface area (Å²) in [4.78, 5) is 2.31. The molecule has 1 saturated heterocycles. The van der Waals surface area contributed by atoms with Crippen molar-refractivity contribution in [3.63, 3.8) is 0 Å². The number of hydrogen-bond donors (Lipinski definition) is 1. The fraction of sp³-hybridized carbons (Fsp3) is 0.600. The van der Waals surface area contributed by atoms with Gasteiger partial charge in [0, 0.05) is 24.2 Å². The van der Waals surface area contributed by atoms with Gasteiger partial charge in [0.1, 0.15) is 0 Å². The van der Waals surface area contributed by atoms with Gasteiger partial charge in [0.05, 0.1) is 6.61 Å². The molecule has 0 atom stereocenters. The fourth-order valence-corrected chi connectivity index (χ4v) is 2.79. The highest BCUT2D eigenvalue weighted by atomic mass is 35.5. The molecule has 3 nitrogen and oxygen atoms in total. The first-order valence-corrected chi connectivity index (χ1v) is 7.72. The lowest BCUT2D eigenvalue weighted by Gasteiger charge is -2.32. The molecule has 1 aliphatic heterocycles. The van der Waals surface area contributed by atoms with Crippen molar-refractivity contribution in [2.24, 2.45) is 0 Å². The van der Waals surface area contributed by atoms with Crippen LogP contribution in [0.5, 0.6) is 0 Å². The number of halogens is 4. The summed E-state index contributed by atoms with van der Waals surface area (Å²) < 4.78 is 39.3. The van der Waals surface area contributed by atoms with E-state index < -0.39 is 6.36 Å². The van der Waals surface area contributed by atoms with Crippen molar-refractivity contribution < 1.29 is 17.9 Å². The molecule has 0 saturated carbocycles. The third-order valence-corrected chi connectivity index (χ3v) is 4.11. The van der Waals surface area contributed by atoms with Crippen LogP contribution in [0.4, 0.5) is 13.2 Å². The van der Waals surface area contributed by atoms with Crippen LogP contribution in [-0.2, 0) is 11.3 Å². The zero-order valence-corrected chi connectivity index (χ0v) is 13.0. The topological polar surface area (TPSA) is 24.5 Å². The maximum atomic E-state index is 11.8. The van der Waals surface area contributed by atoms with Crippen LogP contribution in [0.2, 0.25) is 5.02 Å². The smallest absolute Gasteiger partial charge is 0.312 e. The Kier molecular flexibility index (Phi) is 6.50. The van der Waals surface area contributed by atoms with Crippen molar-refractivity contribution in [1.29, 1.82) is 0 Å². The van der Waals surface area contributed by atoms with Gasteiger partial charge in [-0.3, -0.25) is 9.64 Å². The Bertz CT molecular complexity index is 462. The standard InChI is InChI=1S/C15H20ClF3N2O/c16-14-4-2-1-3-12(14)11-21-8-5-13(6-9-21)20-7-10-22-15(17,18)19/h1-4,13,20H,5-11H2. The molecular weight excluding hydrogens is 317 g/mol. The zero-order chi connectivity index (χ0) is 16.0. The minimum atomic E-state index is -4.54. The summed E-state index contributed by atoms with van der Waals surface area (Å²) in [5.74, 6) is 0.